The predicted molar refractivity (Wildman–Crippen MR) is 226 cm³/mol. The van der Waals surface area contributed by atoms with Crippen molar-refractivity contribution < 1.29 is 0 Å². The molecular formula is C48H52P2. The number of benzene rings is 6. The molecule has 0 unspecified atom stereocenters. The van der Waals surface area contributed by atoms with E-state index in [9.17, 15) is 0 Å². The minimum Gasteiger partial charge on any atom is -0.0616 e. The second-order valence-electron chi connectivity index (χ2n) is 14.3. The minimum absolute atomic E-state index is 0.854. The Morgan fingerprint density at radius 3 is 0.740 bits per heavy atom. The van der Waals surface area contributed by atoms with E-state index in [4.69, 9.17) is 0 Å². The third-order valence-electron chi connectivity index (χ3n) is 11.7. The van der Waals surface area contributed by atoms with Crippen LogP contribution in [-0.2, 0) is 0 Å². The molecule has 0 saturated heterocycles. The van der Waals surface area contributed by atoms with Crippen molar-refractivity contribution in [2.45, 2.75) is 83.1 Å². The quantitative estimate of drug-likeness (QED) is 0.146. The lowest BCUT2D eigenvalue weighted by molar-refractivity contribution is 1.28. The van der Waals surface area contributed by atoms with Gasteiger partial charge in [-0.25, -0.2) is 0 Å². The summed E-state index contributed by atoms with van der Waals surface area (Å²) < 4.78 is 0. The van der Waals surface area contributed by atoms with E-state index in [2.05, 4.69) is 180 Å². The maximum atomic E-state index is 2.42. The molecule has 0 atom stereocenters. The molecule has 2 heteroatoms. The summed E-state index contributed by atoms with van der Waals surface area (Å²) in [6.45, 7) is 27.5. The minimum atomic E-state index is -0.854. The van der Waals surface area contributed by atoms with Crippen LogP contribution in [0.1, 0.15) is 66.8 Å². The first-order chi connectivity index (χ1) is 23.8. The normalized spacial score (nSPS) is 11.6. The van der Waals surface area contributed by atoms with E-state index in [0.717, 1.165) is 0 Å². The molecule has 0 amide bonds. The Hall–Kier alpha value is -3.82. The van der Waals surface area contributed by atoms with E-state index in [1.165, 1.54) is 110 Å². The Morgan fingerprint density at radius 2 is 0.480 bits per heavy atom. The Labute approximate surface area is 304 Å². The zero-order valence-corrected chi connectivity index (χ0v) is 33.9. The molecule has 50 heavy (non-hydrogen) atoms. The molecule has 0 heterocycles. The number of rotatable bonds is 7. The van der Waals surface area contributed by atoms with Gasteiger partial charge >= 0.3 is 0 Å². The van der Waals surface area contributed by atoms with Crippen molar-refractivity contribution in [2.24, 2.45) is 0 Å². The molecule has 0 bridgehead atoms. The summed E-state index contributed by atoms with van der Waals surface area (Å²) in [7, 11) is -1.71. The second kappa shape index (κ2) is 14.4. The van der Waals surface area contributed by atoms with Crippen molar-refractivity contribution in [1.29, 1.82) is 0 Å². The van der Waals surface area contributed by atoms with Crippen LogP contribution in [0.4, 0.5) is 0 Å². The van der Waals surface area contributed by atoms with Crippen LogP contribution in [0, 0.1) is 83.1 Å². The highest BCUT2D eigenvalue weighted by molar-refractivity contribution is 7.81. The van der Waals surface area contributed by atoms with Crippen molar-refractivity contribution in [3.8, 4) is 11.1 Å². The summed E-state index contributed by atoms with van der Waals surface area (Å²) in [6.07, 6.45) is 0. The monoisotopic (exact) mass is 690 g/mol. The maximum absolute atomic E-state index is 2.42. The Bertz CT molecular complexity index is 1980. The Balaban J connectivity index is 1.69. The van der Waals surface area contributed by atoms with Crippen LogP contribution in [0.25, 0.3) is 11.1 Å². The largest absolute Gasteiger partial charge is 0.0616 e. The Morgan fingerprint density at radius 1 is 0.240 bits per heavy atom. The zero-order valence-electron chi connectivity index (χ0n) is 32.1. The standard InChI is InChI=1S/C48H52P2/c1-29-21-25-43(37(9)33(29)5)49(44-26-22-30(2)34(6)38(44)10)47-19-15-13-17-41(47)42-18-14-16-20-48(42)50(45-27-23-31(3)35(7)39(45)11)46-28-24-32(4)36(8)40(46)12/h13-28H,1-12H3. The van der Waals surface area contributed by atoms with Crippen molar-refractivity contribution in [3.05, 3.63) is 164 Å². The molecule has 0 N–H and O–H groups in total. The molecule has 6 aromatic rings. The van der Waals surface area contributed by atoms with Gasteiger partial charge in [0.2, 0.25) is 0 Å². The molecule has 0 saturated carbocycles. The smallest absolute Gasteiger partial charge is 0.00722 e. The van der Waals surface area contributed by atoms with Crippen LogP contribution in [-0.4, -0.2) is 0 Å². The van der Waals surface area contributed by atoms with Crippen molar-refractivity contribution >= 4 is 47.7 Å². The van der Waals surface area contributed by atoms with Gasteiger partial charge in [0.1, 0.15) is 0 Å². The van der Waals surface area contributed by atoms with Gasteiger partial charge in [-0.15, -0.1) is 0 Å². The molecular weight excluding hydrogens is 638 g/mol. The zero-order chi connectivity index (χ0) is 36.0. The molecule has 254 valence electrons. The molecule has 6 rings (SSSR count). The van der Waals surface area contributed by atoms with Gasteiger partial charge in [0.05, 0.1) is 0 Å². The molecule has 0 aliphatic carbocycles. The van der Waals surface area contributed by atoms with Gasteiger partial charge in [0, 0.05) is 0 Å². The number of hydrogen-bond acceptors (Lipinski definition) is 0. The molecule has 0 nitrogen and oxygen atoms in total. The van der Waals surface area contributed by atoms with Crippen LogP contribution in [0.5, 0.6) is 0 Å². The first-order valence-corrected chi connectivity index (χ1v) is 20.6. The molecule has 0 aliphatic rings. The average Bonchev–Trinajstić information content (AvgIpc) is 3.11. The van der Waals surface area contributed by atoms with Crippen molar-refractivity contribution in [3.63, 3.8) is 0 Å². The summed E-state index contributed by atoms with van der Waals surface area (Å²) in [5.41, 5.74) is 19.4. The highest BCUT2D eigenvalue weighted by Crippen LogP contribution is 2.44. The van der Waals surface area contributed by atoms with Gasteiger partial charge in [-0.1, -0.05) is 97.1 Å². The third-order valence-corrected chi connectivity index (χ3v) is 17.3. The van der Waals surface area contributed by atoms with E-state index in [-0.39, 0.29) is 0 Å². The van der Waals surface area contributed by atoms with Crippen molar-refractivity contribution in [2.75, 3.05) is 0 Å². The lowest BCUT2D eigenvalue weighted by Crippen LogP contribution is -2.29. The van der Waals surface area contributed by atoms with Gasteiger partial charge in [-0.3, -0.25) is 0 Å². The van der Waals surface area contributed by atoms with Crippen LogP contribution < -0.4 is 31.8 Å². The highest BCUT2D eigenvalue weighted by Gasteiger charge is 2.29. The number of aryl methyl sites for hydroxylation is 4. The fraction of sp³-hybridized carbons (Fsp3) is 0.250. The molecule has 0 fully saturated rings. The molecule has 6 aromatic carbocycles. The van der Waals surface area contributed by atoms with Crippen molar-refractivity contribution in [1.82, 2.24) is 0 Å². The van der Waals surface area contributed by atoms with Crippen LogP contribution in [0.15, 0.2) is 97.1 Å². The highest BCUT2D eigenvalue weighted by atomic mass is 31.1. The van der Waals surface area contributed by atoms with E-state index >= 15 is 0 Å². The fourth-order valence-electron chi connectivity index (χ4n) is 7.31. The summed E-state index contributed by atoms with van der Waals surface area (Å²) in [4.78, 5) is 0. The van der Waals surface area contributed by atoms with Gasteiger partial charge in [0.15, 0.2) is 0 Å². The maximum Gasteiger partial charge on any atom is -0.00722 e. The first-order valence-electron chi connectivity index (χ1n) is 17.9. The van der Waals surface area contributed by atoms with Crippen LogP contribution in [0.2, 0.25) is 0 Å². The summed E-state index contributed by atoms with van der Waals surface area (Å²) in [5.74, 6) is 0. The fourth-order valence-corrected chi connectivity index (χ4v) is 13.1. The molecule has 0 spiro atoms. The van der Waals surface area contributed by atoms with Gasteiger partial charge in [0.25, 0.3) is 0 Å². The lowest BCUT2D eigenvalue weighted by Gasteiger charge is -2.30. The summed E-state index contributed by atoms with van der Waals surface area (Å²) in [6, 6.07) is 37.7. The predicted octanol–water partition coefficient (Wildman–Crippen LogP) is 10.6. The second-order valence-corrected chi connectivity index (χ2v) is 18.5. The van der Waals surface area contributed by atoms with E-state index in [0.29, 0.717) is 0 Å². The summed E-state index contributed by atoms with van der Waals surface area (Å²) in [5, 5.41) is 8.68. The van der Waals surface area contributed by atoms with Crippen LogP contribution in [0.3, 0.4) is 0 Å². The summed E-state index contributed by atoms with van der Waals surface area (Å²) >= 11 is 0. The molecule has 0 radical (unpaired) electrons. The lowest BCUT2D eigenvalue weighted by atomic mass is 10.0. The van der Waals surface area contributed by atoms with E-state index in [1.807, 2.05) is 0 Å². The van der Waals surface area contributed by atoms with Gasteiger partial charge < -0.3 is 0 Å². The average molecular weight is 691 g/mol. The third kappa shape index (κ3) is 6.32. The van der Waals surface area contributed by atoms with E-state index in [1.54, 1.807) is 0 Å². The van der Waals surface area contributed by atoms with Crippen LogP contribution >= 0.6 is 15.8 Å². The number of hydrogen-bond donors (Lipinski definition) is 0. The Kier molecular flexibility index (Phi) is 10.4. The SMILES string of the molecule is Cc1ccc(P(c2ccccc2-c2ccccc2P(c2ccc(C)c(C)c2C)c2ccc(C)c(C)c2C)c2ccc(C)c(C)c2C)c(C)c1C. The van der Waals surface area contributed by atoms with Gasteiger partial charge in [-0.05, 0) is 209 Å². The van der Waals surface area contributed by atoms with E-state index < -0.39 is 15.8 Å². The molecule has 0 aromatic heterocycles. The van der Waals surface area contributed by atoms with Gasteiger partial charge in [-0.2, -0.15) is 0 Å². The first kappa shape index (κ1) is 36.0. The topological polar surface area (TPSA) is 0 Å². The molecule has 0 aliphatic heterocycles.